The van der Waals surface area contributed by atoms with Crippen LogP contribution in [0.2, 0.25) is 5.02 Å². The zero-order valence-electron chi connectivity index (χ0n) is 14.2. The molecule has 5 nitrogen and oxygen atoms in total. The zero-order chi connectivity index (χ0) is 18.7. The first-order valence-electron chi connectivity index (χ1n) is 7.85. The molecular formula is C19H16ClFN2O3. The molecule has 0 aliphatic heterocycles. The Bertz CT molecular complexity index is 956. The van der Waals surface area contributed by atoms with Gasteiger partial charge >= 0.3 is 0 Å². The molecule has 0 fully saturated rings. The molecule has 7 heteroatoms. The summed E-state index contributed by atoms with van der Waals surface area (Å²) in [6.45, 7) is 3.50. The SMILES string of the molecule is Cc1cc(F)ccc1NC(=O)c1noc(C)c1COc1cccc(Cl)c1. The van der Waals surface area contributed by atoms with Gasteiger partial charge in [0.25, 0.3) is 5.91 Å². The van der Waals surface area contributed by atoms with Crippen LogP contribution in [0.15, 0.2) is 47.0 Å². The standard InChI is InChI=1S/C19H16ClFN2O3/c1-11-8-14(21)6-7-17(11)22-19(24)18-16(12(2)26-23-18)10-25-15-5-3-4-13(20)9-15/h3-9H,10H2,1-2H3,(H,22,24). The van der Waals surface area contributed by atoms with Gasteiger partial charge in [0.15, 0.2) is 5.69 Å². The van der Waals surface area contributed by atoms with E-state index in [0.29, 0.717) is 33.3 Å². The third-order valence-corrected chi connectivity index (χ3v) is 4.05. The molecule has 0 spiro atoms. The van der Waals surface area contributed by atoms with Crippen LogP contribution in [0.3, 0.4) is 0 Å². The molecule has 0 atom stereocenters. The Morgan fingerprint density at radius 1 is 1.27 bits per heavy atom. The number of rotatable bonds is 5. The third kappa shape index (κ3) is 4.03. The maximum absolute atomic E-state index is 13.2. The number of hydrogen-bond acceptors (Lipinski definition) is 4. The Morgan fingerprint density at radius 3 is 2.81 bits per heavy atom. The number of nitrogens with zero attached hydrogens (tertiary/aromatic N) is 1. The van der Waals surface area contributed by atoms with Gasteiger partial charge < -0.3 is 14.6 Å². The van der Waals surface area contributed by atoms with E-state index < -0.39 is 5.91 Å². The highest BCUT2D eigenvalue weighted by molar-refractivity contribution is 6.30. The summed E-state index contributed by atoms with van der Waals surface area (Å²) in [6, 6.07) is 11.1. The molecule has 0 radical (unpaired) electrons. The van der Waals surface area contributed by atoms with Crippen molar-refractivity contribution in [2.75, 3.05) is 5.32 Å². The van der Waals surface area contributed by atoms with Crippen molar-refractivity contribution in [2.24, 2.45) is 0 Å². The van der Waals surface area contributed by atoms with Crippen molar-refractivity contribution in [1.29, 1.82) is 0 Å². The quantitative estimate of drug-likeness (QED) is 0.688. The second-order valence-corrected chi connectivity index (χ2v) is 6.16. The minimum Gasteiger partial charge on any atom is -0.489 e. The lowest BCUT2D eigenvalue weighted by atomic mass is 10.1. The normalized spacial score (nSPS) is 10.6. The fraction of sp³-hybridized carbons (Fsp3) is 0.158. The molecule has 1 heterocycles. The van der Waals surface area contributed by atoms with Crippen molar-refractivity contribution in [1.82, 2.24) is 5.16 Å². The Labute approximate surface area is 154 Å². The predicted octanol–water partition coefficient (Wildman–Crippen LogP) is 4.92. The van der Waals surface area contributed by atoms with E-state index in [1.165, 1.54) is 18.2 Å². The number of nitrogens with one attached hydrogen (secondary N) is 1. The molecule has 1 amide bonds. The molecule has 3 rings (SSSR count). The Kier molecular flexibility index (Phi) is 5.23. The summed E-state index contributed by atoms with van der Waals surface area (Å²) in [5.74, 6) is 0.224. The van der Waals surface area contributed by atoms with E-state index in [-0.39, 0.29) is 18.1 Å². The molecule has 0 aliphatic carbocycles. The number of hydrogen-bond donors (Lipinski definition) is 1. The Hall–Kier alpha value is -2.86. The average Bonchev–Trinajstić information content (AvgIpc) is 2.96. The Balaban J connectivity index is 1.77. The van der Waals surface area contributed by atoms with Crippen molar-refractivity contribution in [2.45, 2.75) is 20.5 Å². The van der Waals surface area contributed by atoms with Gasteiger partial charge in [0.05, 0.1) is 5.56 Å². The molecule has 1 aromatic heterocycles. The van der Waals surface area contributed by atoms with Crippen LogP contribution in [-0.4, -0.2) is 11.1 Å². The highest BCUT2D eigenvalue weighted by atomic mass is 35.5. The van der Waals surface area contributed by atoms with E-state index in [9.17, 15) is 9.18 Å². The molecule has 0 saturated carbocycles. The molecule has 0 bridgehead atoms. The minimum absolute atomic E-state index is 0.0980. The summed E-state index contributed by atoms with van der Waals surface area (Å²) in [6.07, 6.45) is 0. The summed E-state index contributed by atoms with van der Waals surface area (Å²) in [7, 11) is 0. The topological polar surface area (TPSA) is 64.4 Å². The lowest BCUT2D eigenvalue weighted by Crippen LogP contribution is -2.16. The predicted molar refractivity (Wildman–Crippen MR) is 96.1 cm³/mol. The fourth-order valence-corrected chi connectivity index (χ4v) is 2.58. The highest BCUT2D eigenvalue weighted by Crippen LogP contribution is 2.22. The van der Waals surface area contributed by atoms with Crippen molar-refractivity contribution < 1.29 is 18.4 Å². The smallest absolute Gasteiger partial charge is 0.278 e. The number of carbonyl (C=O) groups is 1. The largest absolute Gasteiger partial charge is 0.489 e. The van der Waals surface area contributed by atoms with Crippen LogP contribution < -0.4 is 10.1 Å². The van der Waals surface area contributed by atoms with Gasteiger partial charge in [-0.1, -0.05) is 22.8 Å². The molecule has 3 aromatic rings. The van der Waals surface area contributed by atoms with E-state index >= 15 is 0 Å². The van der Waals surface area contributed by atoms with Crippen molar-refractivity contribution in [3.05, 3.63) is 75.9 Å². The van der Waals surface area contributed by atoms with Crippen LogP contribution in [-0.2, 0) is 6.61 Å². The number of halogens is 2. The van der Waals surface area contributed by atoms with E-state index in [4.69, 9.17) is 20.9 Å². The van der Waals surface area contributed by atoms with Crippen LogP contribution in [0.25, 0.3) is 0 Å². The Morgan fingerprint density at radius 2 is 2.08 bits per heavy atom. The molecule has 0 unspecified atom stereocenters. The maximum atomic E-state index is 13.2. The van der Waals surface area contributed by atoms with E-state index in [1.54, 1.807) is 38.1 Å². The van der Waals surface area contributed by atoms with Gasteiger partial charge in [0, 0.05) is 10.7 Å². The molecule has 134 valence electrons. The maximum Gasteiger partial charge on any atom is 0.278 e. The molecule has 0 aliphatic rings. The summed E-state index contributed by atoms with van der Waals surface area (Å²) in [4.78, 5) is 12.5. The molecule has 26 heavy (non-hydrogen) atoms. The van der Waals surface area contributed by atoms with E-state index in [0.717, 1.165) is 0 Å². The molecule has 2 aromatic carbocycles. The van der Waals surface area contributed by atoms with Crippen LogP contribution in [0, 0.1) is 19.7 Å². The summed E-state index contributed by atoms with van der Waals surface area (Å²) < 4.78 is 24.0. The first-order chi connectivity index (χ1) is 12.4. The van der Waals surface area contributed by atoms with Crippen molar-refractivity contribution in [3.8, 4) is 5.75 Å². The molecular weight excluding hydrogens is 359 g/mol. The minimum atomic E-state index is -0.457. The summed E-state index contributed by atoms with van der Waals surface area (Å²) >= 11 is 5.93. The van der Waals surface area contributed by atoms with Crippen LogP contribution in [0.4, 0.5) is 10.1 Å². The lowest BCUT2D eigenvalue weighted by Gasteiger charge is -2.09. The number of ether oxygens (including phenoxy) is 1. The van der Waals surface area contributed by atoms with Gasteiger partial charge in [-0.15, -0.1) is 0 Å². The van der Waals surface area contributed by atoms with E-state index in [2.05, 4.69) is 10.5 Å². The number of anilines is 1. The van der Waals surface area contributed by atoms with Crippen LogP contribution in [0.1, 0.15) is 27.4 Å². The molecule has 0 saturated heterocycles. The third-order valence-electron chi connectivity index (χ3n) is 3.82. The summed E-state index contributed by atoms with van der Waals surface area (Å²) in [5.41, 5.74) is 1.75. The lowest BCUT2D eigenvalue weighted by molar-refractivity contribution is 0.101. The van der Waals surface area contributed by atoms with Gasteiger partial charge in [0.1, 0.15) is 23.9 Å². The van der Waals surface area contributed by atoms with Gasteiger partial charge in [0.2, 0.25) is 0 Å². The number of benzene rings is 2. The monoisotopic (exact) mass is 374 g/mol. The summed E-state index contributed by atoms with van der Waals surface area (Å²) in [5, 5.41) is 7.08. The number of carbonyl (C=O) groups excluding carboxylic acids is 1. The van der Waals surface area contributed by atoms with Gasteiger partial charge in [-0.2, -0.15) is 0 Å². The average molecular weight is 375 g/mol. The fourth-order valence-electron chi connectivity index (χ4n) is 2.40. The number of aryl methyl sites for hydroxylation is 2. The van der Waals surface area contributed by atoms with Crippen LogP contribution in [0.5, 0.6) is 5.75 Å². The second-order valence-electron chi connectivity index (χ2n) is 5.73. The molecule has 1 N–H and O–H groups in total. The van der Waals surface area contributed by atoms with Gasteiger partial charge in [-0.05, 0) is 55.8 Å². The number of amides is 1. The highest BCUT2D eigenvalue weighted by Gasteiger charge is 2.21. The van der Waals surface area contributed by atoms with Crippen LogP contribution >= 0.6 is 11.6 Å². The zero-order valence-corrected chi connectivity index (χ0v) is 14.9. The van der Waals surface area contributed by atoms with Gasteiger partial charge in [-0.25, -0.2) is 4.39 Å². The number of aromatic nitrogens is 1. The van der Waals surface area contributed by atoms with Crippen molar-refractivity contribution >= 4 is 23.2 Å². The van der Waals surface area contributed by atoms with Crippen molar-refractivity contribution in [3.63, 3.8) is 0 Å². The second kappa shape index (κ2) is 7.58. The first-order valence-corrected chi connectivity index (χ1v) is 8.23. The van der Waals surface area contributed by atoms with E-state index in [1.807, 2.05) is 0 Å². The first kappa shape index (κ1) is 17.9. The van der Waals surface area contributed by atoms with Gasteiger partial charge in [-0.3, -0.25) is 4.79 Å².